The second-order valence-electron chi connectivity index (χ2n) is 7.11. The zero-order valence-electron chi connectivity index (χ0n) is 17.4. The van der Waals surface area contributed by atoms with Crippen LogP contribution < -0.4 is 20.9 Å². The number of anilines is 2. The number of hydrogen-bond acceptors (Lipinski definition) is 6. The summed E-state index contributed by atoms with van der Waals surface area (Å²) in [6.45, 7) is -1.65. The van der Waals surface area contributed by atoms with Crippen LogP contribution in [0.25, 0.3) is 0 Å². The van der Waals surface area contributed by atoms with E-state index < -0.39 is 42.9 Å². The number of ether oxygens (including phenoxy) is 1. The molecule has 0 saturated carbocycles. The van der Waals surface area contributed by atoms with Gasteiger partial charge in [-0.25, -0.2) is 4.39 Å². The smallest absolute Gasteiger partial charge is 0.370 e. The maximum atomic E-state index is 14.6. The average Bonchev–Trinajstić information content (AvgIpc) is 3.21. The Morgan fingerprint density at radius 3 is 2.62 bits per heavy atom. The Morgan fingerprint density at radius 2 is 2.00 bits per heavy atom. The molecule has 1 fully saturated rings. The first-order chi connectivity index (χ1) is 16.0. The maximum absolute atomic E-state index is 14.6. The van der Waals surface area contributed by atoms with E-state index in [0.717, 1.165) is 17.4 Å². The first kappa shape index (κ1) is 25.9. The molecular formula is C20H19ClF4N4O4S. The molecule has 0 radical (unpaired) electrons. The first-order valence-electron chi connectivity index (χ1n) is 9.85. The first-order valence-corrected chi connectivity index (χ1v) is 11.0. The standard InChI is InChI=1S/C20H19ClF4N4O4S/c21-16-4-3-15(34-16)19(32)26-8-14(27-10-20(23,24)25)18(31)28-13-2-1-11(7-12(13)22)29-5-6-33-9-17(29)30/h1-4,7,14,27H,5-6,8-10H2,(H,26,32)(H,28,31)/t14-/m0/s1. The molecule has 14 heteroatoms. The summed E-state index contributed by atoms with van der Waals surface area (Å²) in [5.74, 6) is -2.88. The number of halogens is 5. The second kappa shape index (κ2) is 11.1. The third-order valence-corrected chi connectivity index (χ3v) is 5.87. The zero-order chi connectivity index (χ0) is 24.9. The Labute approximate surface area is 200 Å². The minimum absolute atomic E-state index is 0.143. The summed E-state index contributed by atoms with van der Waals surface area (Å²) in [6, 6.07) is 4.99. The molecule has 2 aromatic rings. The zero-order valence-corrected chi connectivity index (χ0v) is 19.0. The topological polar surface area (TPSA) is 99.8 Å². The number of hydrogen-bond donors (Lipinski definition) is 3. The minimum Gasteiger partial charge on any atom is -0.370 e. The van der Waals surface area contributed by atoms with Crippen molar-refractivity contribution in [1.29, 1.82) is 0 Å². The van der Waals surface area contributed by atoms with Crippen LogP contribution in [0, 0.1) is 5.82 Å². The number of nitrogens with zero attached hydrogens (tertiary/aromatic N) is 1. The largest absolute Gasteiger partial charge is 0.401 e. The highest BCUT2D eigenvalue weighted by molar-refractivity contribution is 7.18. The quantitative estimate of drug-likeness (QED) is 0.463. The van der Waals surface area contributed by atoms with Crippen molar-refractivity contribution in [2.24, 2.45) is 0 Å². The third-order valence-electron chi connectivity index (χ3n) is 4.64. The molecular weight excluding hydrogens is 504 g/mol. The molecule has 2 heterocycles. The Balaban J connectivity index is 1.68. The summed E-state index contributed by atoms with van der Waals surface area (Å²) in [7, 11) is 0. The van der Waals surface area contributed by atoms with Gasteiger partial charge in [0.25, 0.3) is 11.8 Å². The number of thiophene rings is 1. The van der Waals surface area contributed by atoms with Gasteiger partial charge in [-0.3, -0.25) is 19.7 Å². The molecule has 3 amide bonds. The average molecular weight is 523 g/mol. The molecule has 1 saturated heterocycles. The van der Waals surface area contributed by atoms with Gasteiger partial charge in [0.1, 0.15) is 18.5 Å². The molecule has 1 aliphatic heterocycles. The van der Waals surface area contributed by atoms with Crippen molar-refractivity contribution in [3.8, 4) is 0 Å². The number of rotatable bonds is 8. The predicted octanol–water partition coefficient (Wildman–Crippen LogP) is 2.79. The molecule has 3 rings (SSSR count). The van der Waals surface area contributed by atoms with E-state index in [9.17, 15) is 31.9 Å². The molecule has 8 nitrogen and oxygen atoms in total. The lowest BCUT2D eigenvalue weighted by atomic mass is 10.2. The SMILES string of the molecule is O=C(NC[C@H](NCC(F)(F)F)C(=O)Nc1ccc(N2CCOCC2=O)cc1F)c1ccc(Cl)s1. The fourth-order valence-corrected chi connectivity index (χ4v) is 3.96. The van der Waals surface area contributed by atoms with Crippen molar-refractivity contribution in [2.75, 3.05) is 43.1 Å². The van der Waals surface area contributed by atoms with Crippen molar-refractivity contribution in [3.63, 3.8) is 0 Å². The maximum Gasteiger partial charge on any atom is 0.401 e. The molecule has 0 spiro atoms. The van der Waals surface area contributed by atoms with Crippen LogP contribution in [-0.2, 0) is 14.3 Å². The van der Waals surface area contributed by atoms with Gasteiger partial charge in [-0.2, -0.15) is 13.2 Å². The predicted molar refractivity (Wildman–Crippen MR) is 118 cm³/mol. The molecule has 1 atom stereocenters. The van der Waals surface area contributed by atoms with Crippen LogP contribution >= 0.6 is 22.9 Å². The summed E-state index contributed by atoms with van der Waals surface area (Å²) in [5, 5.41) is 6.59. The Hall–Kier alpha value is -2.74. The highest BCUT2D eigenvalue weighted by Crippen LogP contribution is 2.24. The molecule has 1 aliphatic rings. The molecule has 184 valence electrons. The van der Waals surface area contributed by atoms with E-state index >= 15 is 0 Å². The Kier molecular flexibility index (Phi) is 8.47. The van der Waals surface area contributed by atoms with Gasteiger partial charge in [-0.05, 0) is 30.3 Å². The van der Waals surface area contributed by atoms with Gasteiger partial charge in [0.2, 0.25) is 5.91 Å². The van der Waals surface area contributed by atoms with Gasteiger partial charge in [0.05, 0.1) is 28.1 Å². The lowest BCUT2D eigenvalue weighted by molar-refractivity contribution is -0.130. The summed E-state index contributed by atoms with van der Waals surface area (Å²) in [4.78, 5) is 38.2. The molecule has 3 N–H and O–H groups in total. The van der Waals surface area contributed by atoms with Crippen LogP contribution in [0.1, 0.15) is 9.67 Å². The normalized spacial score (nSPS) is 15.2. The summed E-state index contributed by atoms with van der Waals surface area (Å²) < 4.78 is 58.0. The number of morpholine rings is 1. The van der Waals surface area contributed by atoms with E-state index in [2.05, 4.69) is 10.6 Å². The summed E-state index contributed by atoms with van der Waals surface area (Å²) in [6.07, 6.45) is -4.62. The van der Waals surface area contributed by atoms with Crippen LogP contribution in [0.5, 0.6) is 0 Å². The van der Waals surface area contributed by atoms with Gasteiger partial charge in [-0.15, -0.1) is 11.3 Å². The molecule has 34 heavy (non-hydrogen) atoms. The van der Waals surface area contributed by atoms with Crippen LogP contribution in [0.3, 0.4) is 0 Å². The molecule has 0 unspecified atom stereocenters. The van der Waals surface area contributed by atoms with Gasteiger partial charge in [-0.1, -0.05) is 11.6 Å². The fraction of sp³-hybridized carbons (Fsp3) is 0.350. The molecule has 1 aromatic heterocycles. The van der Waals surface area contributed by atoms with Crippen LogP contribution in [0.2, 0.25) is 4.34 Å². The number of alkyl halides is 3. The third kappa shape index (κ3) is 7.13. The number of benzene rings is 1. The van der Waals surface area contributed by atoms with E-state index in [0.29, 0.717) is 4.34 Å². The van der Waals surface area contributed by atoms with Crippen molar-refractivity contribution in [1.82, 2.24) is 10.6 Å². The van der Waals surface area contributed by atoms with Gasteiger partial charge < -0.3 is 20.3 Å². The van der Waals surface area contributed by atoms with Gasteiger partial charge >= 0.3 is 6.18 Å². The number of amides is 3. The molecule has 0 aliphatic carbocycles. The molecule has 1 aromatic carbocycles. The van der Waals surface area contributed by atoms with E-state index in [1.807, 2.05) is 5.32 Å². The van der Waals surface area contributed by atoms with E-state index in [-0.39, 0.29) is 41.9 Å². The minimum atomic E-state index is -4.62. The fourth-order valence-electron chi connectivity index (χ4n) is 3.00. The van der Waals surface area contributed by atoms with Crippen molar-refractivity contribution >= 4 is 52.0 Å². The lowest BCUT2D eigenvalue weighted by Gasteiger charge is -2.27. The van der Waals surface area contributed by atoms with E-state index in [4.69, 9.17) is 16.3 Å². The second-order valence-corrected chi connectivity index (χ2v) is 8.83. The van der Waals surface area contributed by atoms with Crippen LogP contribution in [0.4, 0.5) is 28.9 Å². The number of nitrogens with one attached hydrogen (secondary N) is 3. The summed E-state index contributed by atoms with van der Waals surface area (Å²) >= 11 is 6.72. The van der Waals surface area contributed by atoms with Gasteiger partial charge in [0.15, 0.2) is 0 Å². The monoisotopic (exact) mass is 522 g/mol. The Morgan fingerprint density at radius 1 is 1.24 bits per heavy atom. The lowest BCUT2D eigenvalue weighted by Crippen LogP contribution is -2.51. The van der Waals surface area contributed by atoms with Crippen molar-refractivity contribution in [2.45, 2.75) is 12.2 Å². The van der Waals surface area contributed by atoms with Crippen molar-refractivity contribution in [3.05, 3.63) is 45.4 Å². The number of carbonyl (C=O) groups is 3. The van der Waals surface area contributed by atoms with Crippen molar-refractivity contribution < 1.29 is 36.7 Å². The van der Waals surface area contributed by atoms with E-state index in [1.54, 1.807) is 0 Å². The summed E-state index contributed by atoms with van der Waals surface area (Å²) in [5.41, 5.74) is -0.0537. The van der Waals surface area contributed by atoms with Crippen LogP contribution in [-0.4, -0.2) is 62.8 Å². The van der Waals surface area contributed by atoms with E-state index in [1.165, 1.54) is 29.2 Å². The number of carbonyl (C=O) groups excluding carboxylic acids is 3. The van der Waals surface area contributed by atoms with Crippen LogP contribution in [0.15, 0.2) is 30.3 Å². The highest BCUT2D eigenvalue weighted by Gasteiger charge is 2.31. The highest BCUT2D eigenvalue weighted by atomic mass is 35.5. The molecule has 0 bridgehead atoms. The van der Waals surface area contributed by atoms with Gasteiger partial charge in [0, 0.05) is 18.8 Å². The Bertz CT molecular complexity index is 1070.